The van der Waals surface area contributed by atoms with Crippen LogP contribution in [0.3, 0.4) is 0 Å². The Morgan fingerprint density at radius 1 is 1.00 bits per heavy atom. The number of hydrogen-bond acceptors (Lipinski definition) is 5. The van der Waals surface area contributed by atoms with Gasteiger partial charge in [0.25, 0.3) is 10.0 Å². The first-order valence-electron chi connectivity index (χ1n) is 8.03. The number of carbonyl (C=O) groups excluding carboxylic acids is 2. The molecule has 8 heteroatoms. The van der Waals surface area contributed by atoms with Crippen LogP contribution in [0.1, 0.15) is 19.3 Å². The summed E-state index contributed by atoms with van der Waals surface area (Å²) >= 11 is 0. The van der Waals surface area contributed by atoms with Gasteiger partial charge in [-0.05, 0) is 42.8 Å². The van der Waals surface area contributed by atoms with Crippen molar-refractivity contribution in [3.05, 3.63) is 48.5 Å². The van der Waals surface area contributed by atoms with Crippen molar-refractivity contribution in [3.8, 4) is 5.75 Å². The van der Waals surface area contributed by atoms with Crippen molar-refractivity contribution < 1.29 is 22.7 Å². The highest BCUT2D eigenvalue weighted by atomic mass is 32.2. The van der Waals surface area contributed by atoms with Crippen molar-refractivity contribution in [1.82, 2.24) is 0 Å². The number of hydrogen-bond donors (Lipinski definition) is 1. The van der Waals surface area contributed by atoms with Crippen LogP contribution in [0.25, 0.3) is 0 Å². The summed E-state index contributed by atoms with van der Waals surface area (Å²) in [6.07, 6.45) is 1.16. The van der Waals surface area contributed by atoms with Gasteiger partial charge in [-0.1, -0.05) is 6.07 Å². The molecule has 26 heavy (non-hydrogen) atoms. The van der Waals surface area contributed by atoms with Crippen molar-refractivity contribution in [3.63, 3.8) is 0 Å². The number of methoxy groups -OCH3 is 1. The second-order valence-electron chi connectivity index (χ2n) is 5.81. The maximum atomic E-state index is 12.5. The number of benzene rings is 2. The Bertz CT molecular complexity index is 922. The van der Waals surface area contributed by atoms with Gasteiger partial charge in [-0.2, -0.15) is 0 Å². The monoisotopic (exact) mass is 374 g/mol. The second kappa shape index (κ2) is 7.17. The fourth-order valence-electron chi connectivity index (χ4n) is 2.72. The summed E-state index contributed by atoms with van der Waals surface area (Å²) in [5.41, 5.74) is 0.745. The van der Waals surface area contributed by atoms with Crippen LogP contribution in [0.5, 0.6) is 5.75 Å². The molecule has 3 rings (SSSR count). The normalized spacial score (nSPS) is 15.0. The van der Waals surface area contributed by atoms with Crippen LogP contribution in [0.2, 0.25) is 0 Å². The van der Waals surface area contributed by atoms with Crippen molar-refractivity contribution in [1.29, 1.82) is 0 Å². The summed E-state index contributed by atoms with van der Waals surface area (Å²) in [7, 11) is -2.31. The highest BCUT2D eigenvalue weighted by molar-refractivity contribution is 7.92. The van der Waals surface area contributed by atoms with Crippen molar-refractivity contribution in [2.24, 2.45) is 0 Å². The second-order valence-corrected chi connectivity index (χ2v) is 7.49. The molecule has 1 N–H and O–H groups in total. The van der Waals surface area contributed by atoms with Gasteiger partial charge in [-0.3, -0.25) is 19.2 Å². The van der Waals surface area contributed by atoms with E-state index in [-0.39, 0.29) is 16.7 Å². The molecule has 1 fully saturated rings. The number of ether oxygens (including phenoxy) is 1. The van der Waals surface area contributed by atoms with Crippen LogP contribution in [0.4, 0.5) is 11.4 Å². The topological polar surface area (TPSA) is 92.8 Å². The predicted molar refractivity (Wildman–Crippen MR) is 96.6 cm³/mol. The summed E-state index contributed by atoms with van der Waals surface area (Å²) in [5.74, 6) is -0.0135. The molecule has 1 heterocycles. The fraction of sp³-hybridized carbons (Fsp3) is 0.222. The third kappa shape index (κ3) is 3.70. The van der Waals surface area contributed by atoms with Gasteiger partial charge in [-0.15, -0.1) is 0 Å². The summed E-state index contributed by atoms with van der Waals surface area (Å²) in [6.45, 7) is 0. The number of nitrogens with one attached hydrogen (secondary N) is 1. The predicted octanol–water partition coefficient (Wildman–Crippen LogP) is 2.54. The largest absolute Gasteiger partial charge is 0.497 e. The molecule has 0 saturated carbocycles. The zero-order valence-electron chi connectivity index (χ0n) is 14.1. The highest BCUT2D eigenvalue weighted by Crippen LogP contribution is 2.25. The molecule has 0 atom stereocenters. The SMILES string of the molecule is COc1cccc(NS(=O)(=O)c2ccc(N3C(=O)CCCC3=O)cc2)c1. The molecule has 7 nitrogen and oxygen atoms in total. The number of amides is 2. The van der Waals surface area contributed by atoms with Gasteiger partial charge in [0.15, 0.2) is 0 Å². The molecule has 0 spiro atoms. The summed E-state index contributed by atoms with van der Waals surface area (Å²) in [5, 5.41) is 0. The molecule has 1 aliphatic rings. The van der Waals surface area contributed by atoms with Crippen LogP contribution < -0.4 is 14.4 Å². The van der Waals surface area contributed by atoms with E-state index in [9.17, 15) is 18.0 Å². The zero-order valence-corrected chi connectivity index (χ0v) is 15.0. The lowest BCUT2D eigenvalue weighted by Gasteiger charge is -2.24. The number of anilines is 2. The maximum absolute atomic E-state index is 12.5. The number of piperidine rings is 1. The van der Waals surface area contributed by atoms with E-state index in [4.69, 9.17) is 4.74 Å². The van der Waals surface area contributed by atoms with E-state index in [1.54, 1.807) is 24.3 Å². The summed E-state index contributed by atoms with van der Waals surface area (Å²) in [4.78, 5) is 25.0. The Morgan fingerprint density at radius 2 is 1.65 bits per heavy atom. The van der Waals surface area contributed by atoms with E-state index < -0.39 is 10.0 Å². The van der Waals surface area contributed by atoms with E-state index in [0.29, 0.717) is 36.4 Å². The van der Waals surface area contributed by atoms with Gasteiger partial charge >= 0.3 is 0 Å². The van der Waals surface area contributed by atoms with Gasteiger partial charge in [0.1, 0.15) is 5.75 Å². The van der Waals surface area contributed by atoms with Crippen LogP contribution in [0, 0.1) is 0 Å². The van der Waals surface area contributed by atoms with E-state index in [0.717, 1.165) is 4.90 Å². The van der Waals surface area contributed by atoms with E-state index in [2.05, 4.69) is 4.72 Å². The van der Waals surface area contributed by atoms with E-state index in [1.165, 1.54) is 31.4 Å². The first kappa shape index (κ1) is 17.9. The van der Waals surface area contributed by atoms with Crippen molar-refractivity contribution >= 4 is 33.2 Å². The van der Waals surface area contributed by atoms with Gasteiger partial charge in [0, 0.05) is 18.9 Å². The average Bonchev–Trinajstić information content (AvgIpc) is 2.62. The number of sulfonamides is 1. The molecule has 2 aromatic carbocycles. The van der Waals surface area contributed by atoms with Crippen LogP contribution in [-0.2, 0) is 19.6 Å². The molecule has 1 aliphatic heterocycles. The molecule has 2 aromatic rings. The Balaban J connectivity index is 1.82. The summed E-state index contributed by atoms with van der Waals surface area (Å²) in [6, 6.07) is 12.2. The van der Waals surface area contributed by atoms with Crippen LogP contribution >= 0.6 is 0 Å². The lowest BCUT2D eigenvalue weighted by molar-refractivity contribution is -0.129. The van der Waals surface area contributed by atoms with E-state index in [1.807, 2.05) is 0 Å². The van der Waals surface area contributed by atoms with Crippen LogP contribution in [-0.4, -0.2) is 27.3 Å². The minimum absolute atomic E-state index is 0.0287. The number of imide groups is 1. The summed E-state index contributed by atoms with van der Waals surface area (Å²) < 4.78 is 32.6. The minimum Gasteiger partial charge on any atom is -0.497 e. The Morgan fingerprint density at radius 3 is 2.27 bits per heavy atom. The van der Waals surface area contributed by atoms with E-state index >= 15 is 0 Å². The first-order valence-corrected chi connectivity index (χ1v) is 9.52. The molecule has 0 radical (unpaired) electrons. The van der Waals surface area contributed by atoms with Crippen LogP contribution in [0.15, 0.2) is 53.4 Å². The molecule has 1 saturated heterocycles. The smallest absolute Gasteiger partial charge is 0.261 e. The zero-order chi connectivity index (χ0) is 18.7. The number of rotatable bonds is 5. The van der Waals surface area contributed by atoms with Crippen molar-refractivity contribution in [2.45, 2.75) is 24.2 Å². The molecular formula is C18H18N2O5S. The van der Waals surface area contributed by atoms with Crippen molar-refractivity contribution in [2.75, 3.05) is 16.7 Å². The van der Waals surface area contributed by atoms with Gasteiger partial charge in [-0.25, -0.2) is 8.42 Å². The van der Waals surface area contributed by atoms with Gasteiger partial charge in [0.2, 0.25) is 11.8 Å². The molecule has 0 unspecified atom stereocenters. The highest BCUT2D eigenvalue weighted by Gasteiger charge is 2.27. The van der Waals surface area contributed by atoms with Gasteiger partial charge < -0.3 is 4.74 Å². The molecular weight excluding hydrogens is 356 g/mol. The first-order chi connectivity index (χ1) is 12.4. The third-order valence-electron chi connectivity index (χ3n) is 4.01. The lowest BCUT2D eigenvalue weighted by Crippen LogP contribution is -2.40. The number of nitrogens with zero attached hydrogens (tertiary/aromatic N) is 1. The molecule has 136 valence electrons. The fourth-order valence-corrected chi connectivity index (χ4v) is 3.77. The van der Waals surface area contributed by atoms with Gasteiger partial charge in [0.05, 0.1) is 23.4 Å². The molecule has 0 aromatic heterocycles. The standard InChI is InChI=1S/C18H18N2O5S/c1-25-15-5-2-4-13(12-15)19-26(23,24)16-10-8-14(9-11-16)20-17(21)6-3-7-18(20)22/h2,4-5,8-12,19H,3,6-7H2,1H3. The Labute approximate surface area is 151 Å². The quantitative estimate of drug-likeness (QED) is 0.812. The third-order valence-corrected chi connectivity index (χ3v) is 5.40. The molecule has 2 amide bonds. The average molecular weight is 374 g/mol. The maximum Gasteiger partial charge on any atom is 0.261 e. The minimum atomic E-state index is -3.81. The molecule has 0 aliphatic carbocycles. The molecule has 0 bridgehead atoms. The lowest BCUT2D eigenvalue weighted by atomic mass is 10.1. The Kier molecular flexibility index (Phi) is 4.94. The number of carbonyl (C=O) groups is 2. The Hall–Kier alpha value is -2.87.